The first kappa shape index (κ1) is 18.1. The van der Waals surface area contributed by atoms with Gasteiger partial charge in [0.25, 0.3) is 0 Å². The fourth-order valence-corrected chi connectivity index (χ4v) is 4.38. The zero-order chi connectivity index (χ0) is 16.9. The van der Waals surface area contributed by atoms with Crippen LogP contribution in [-0.4, -0.2) is 38.3 Å². The third-order valence-corrected chi connectivity index (χ3v) is 5.54. The molecule has 5 nitrogen and oxygen atoms in total. The second kappa shape index (κ2) is 8.02. The van der Waals surface area contributed by atoms with Gasteiger partial charge >= 0.3 is 6.09 Å². The van der Waals surface area contributed by atoms with Gasteiger partial charge in [-0.25, -0.2) is 13.2 Å². The maximum atomic E-state index is 12.1. The first-order valence-corrected chi connectivity index (χ1v) is 10.2. The van der Waals surface area contributed by atoms with Crippen LogP contribution in [0.15, 0.2) is 30.3 Å². The normalized spacial score (nSPS) is 21.7. The van der Waals surface area contributed by atoms with E-state index in [2.05, 4.69) is 0 Å². The highest BCUT2D eigenvalue weighted by atomic mass is 35.7. The van der Waals surface area contributed by atoms with E-state index in [0.29, 0.717) is 0 Å². The summed E-state index contributed by atoms with van der Waals surface area (Å²) in [5, 5.41) is 0. The summed E-state index contributed by atoms with van der Waals surface area (Å²) >= 11 is 0. The zero-order valence-corrected chi connectivity index (χ0v) is 14.7. The van der Waals surface area contributed by atoms with Crippen LogP contribution in [0.3, 0.4) is 0 Å². The highest BCUT2D eigenvalue weighted by Gasteiger charge is 2.29. The van der Waals surface area contributed by atoms with Crippen LogP contribution in [0.25, 0.3) is 0 Å². The first-order chi connectivity index (χ1) is 10.8. The topological polar surface area (TPSA) is 63.7 Å². The van der Waals surface area contributed by atoms with Gasteiger partial charge in [-0.1, -0.05) is 30.3 Å². The molecule has 0 radical (unpaired) electrons. The van der Waals surface area contributed by atoms with Crippen molar-refractivity contribution in [2.24, 2.45) is 5.92 Å². The molecule has 1 aliphatic rings. The van der Waals surface area contributed by atoms with Crippen LogP contribution >= 0.6 is 10.7 Å². The summed E-state index contributed by atoms with van der Waals surface area (Å²) in [6.07, 6.45) is 2.71. The van der Waals surface area contributed by atoms with Crippen LogP contribution in [0.5, 0.6) is 0 Å². The second-order valence-electron chi connectivity index (χ2n) is 6.03. The van der Waals surface area contributed by atoms with E-state index < -0.39 is 9.05 Å². The number of benzene rings is 1. The minimum absolute atomic E-state index is 0.0173. The van der Waals surface area contributed by atoms with E-state index in [1.165, 1.54) is 0 Å². The van der Waals surface area contributed by atoms with E-state index in [1.807, 2.05) is 30.3 Å². The van der Waals surface area contributed by atoms with Gasteiger partial charge in [-0.3, -0.25) is 0 Å². The lowest BCUT2D eigenvalue weighted by Crippen LogP contribution is -2.40. The maximum absolute atomic E-state index is 12.1. The lowest BCUT2D eigenvalue weighted by atomic mass is 9.87. The van der Waals surface area contributed by atoms with E-state index in [0.717, 1.165) is 31.2 Å². The highest BCUT2D eigenvalue weighted by molar-refractivity contribution is 8.13. The van der Waals surface area contributed by atoms with Crippen molar-refractivity contribution in [1.29, 1.82) is 0 Å². The van der Waals surface area contributed by atoms with Gasteiger partial charge in [0.1, 0.15) is 6.61 Å². The average molecular weight is 360 g/mol. The van der Waals surface area contributed by atoms with E-state index in [4.69, 9.17) is 15.4 Å². The Balaban J connectivity index is 1.77. The number of ether oxygens (including phenoxy) is 1. The highest BCUT2D eigenvalue weighted by Crippen LogP contribution is 2.29. The minimum Gasteiger partial charge on any atom is -0.445 e. The molecule has 23 heavy (non-hydrogen) atoms. The Hall–Kier alpha value is -1.27. The molecule has 0 N–H and O–H groups in total. The van der Waals surface area contributed by atoms with Gasteiger partial charge in [-0.05, 0) is 37.2 Å². The summed E-state index contributed by atoms with van der Waals surface area (Å²) in [6.45, 7) is 0.254. The van der Waals surface area contributed by atoms with Gasteiger partial charge in [0, 0.05) is 23.8 Å². The Morgan fingerprint density at radius 2 is 1.83 bits per heavy atom. The average Bonchev–Trinajstić information content (AvgIpc) is 2.52. The van der Waals surface area contributed by atoms with Crippen LogP contribution in [0.2, 0.25) is 0 Å². The smallest absolute Gasteiger partial charge is 0.410 e. The van der Waals surface area contributed by atoms with Crippen LogP contribution in [-0.2, 0) is 20.4 Å². The predicted molar refractivity (Wildman–Crippen MR) is 89.8 cm³/mol. The molecule has 0 bridgehead atoms. The Morgan fingerprint density at radius 1 is 1.22 bits per heavy atom. The van der Waals surface area contributed by atoms with Crippen molar-refractivity contribution in [1.82, 2.24) is 4.90 Å². The Morgan fingerprint density at radius 3 is 2.39 bits per heavy atom. The molecule has 128 valence electrons. The van der Waals surface area contributed by atoms with Crippen LogP contribution in [0.4, 0.5) is 4.79 Å². The Kier molecular flexibility index (Phi) is 6.30. The number of carbonyl (C=O) groups is 1. The molecular formula is C16H22ClNO4S. The van der Waals surface area contributed by atoms with E-state index in [1.54, 1.807) is 11.9 Å². The summed E-state index contributed by atoms with van der Waals surface area (Å²) in [5.41, 5.74) is 0.949. The summed E-state index contributed by atoms with van der Waals surface area (Å²) < 4.78 is 27.6. The second-order valence-corrected chi connectivity index (χ2v) is 8.85. The summed E-state index contributed by atoms with van der Waals surface area (Å²) in [5.74, 6) is 0.103. The number of carbonyl (C=O) groups excluding carboxylic acids is 1. The lowest BCUT2D eigenvalue weighted by molar-refractivity contribution is 0.0802. The van der Waals surface area contributed by atoms with Gasteiger partial charge in [-0.2, -0.15) is 0 Å². The third kappa shape index (κ3) is 6.03. The Bertz CT molecular complexity index is 612. The SMILES string of the molecule is CN(C(=O)OCc1ccccc1)C1CCC(CS(=O)(=O)Cl)CC1. The molecule has 1 aromatic carbocycles. The molecular weight excluding hydrogens is 338 g/mol. The molecule has 1 aromatic rings. The van der Waals surface area contributed by atoms with Crippen molar-refractivity contribution in [3.05, 3.63) is 35.9 Å². The van der Waals surface area contributed by atoms with Crippen molar-refractivity contribution in [3.63, 3.8) is 0 Å². The molecule has 7 heteroatoms. The van der Waals surface area contributed by atoms with Crippen molar-refractivity contribution >= 4 is 25.8 Å². The Labute approximate surface area is 142 Å². The predicted octanol–water partition coefficient (Wildman–Crippen LogP) is 3.38. The standard InChI is InChI=1S/C16H22ClNO4S/c1-18(16(19)22-11-13-5-3-2-4-6-13)15-9-7-14(8-10-15)12-23(17,20)21/h2-6,14-15H,7-12H2,1H3. The van der Waals surface area contributed by atoms with Gasteiger partial charge in [0.15, 0.2) is 0 Å². The molecule has 0 atom stereocenters. The molecule has 0 aromatic heterocycles. The molecule has 0 spiro atoms. The summed E-state index contributed by atoms with van der Waals surface area (Å²) in [7, 11) is 3.59. The molecule has 0 heterocycles. The summed E-state index contributed by atoms with van der Waals surface area (Å²) in [4.78, 5) is 13.7. The van der Waals surface area contributed by atoms with Gasteiger partial charge in [0.2, 0.25) is 9.05 Å². The molecule has 0 unspecified atom stereocenters. The summed E-state index contributed by atoms with van der Waals surface area (Å²) in [6, 6.07) is 9.62. The number of nitrogens with zero attached hydrogens (tertiary/aromatic N) is 1. The molecule has 0 aliphatic heterocycles. The minimum atomic E-state index is -3.45. The van der Waals surface area contributed by atoms with Crippen molar-refractivity contribution in [3.8, 4) is 0 Å². The van der Waals surface area contributed by atoms with Crippen LogP contribution in [0, 0.1) is 5.92 Å². The van der Waals surface area contributed by atoms with Gasteiger partial charge < -0.3 is 9.64 Å². The molecule has 1 aliphatic carbocycles. The van der Waals surface area contributed by atoms with Crippen LogP contribution < -0.4 is 0 Å². The number of rotatable bonds is 5. The maximum Gasteiger partial charge on any atom is 0.410 e. The van der Waals surface area contributed by atoms with Crippen molar-refractivity contribution in [2.75, 3.05) is 12.8 Å². The van der Waals surface area contributed by atoms with Crippen molar-refractivity contribution in [2.45, 2.75) is 38.3 Å². The first-order valence-electron chi connectivity index (χ1n) is 7.71. The molecule has 1 fully saturated rings. The monoisotopic (exact) mass is 359 g/mol. The molecule has 1 saturated carbocycles. The van der Waals surface area contributed by atoms with Crippen molar-refractivity contribution < 1.29 is 17.9 Å². The fraction of sp³-hybridized carbons (Fsp3) is 0.562. The van der Waals surface area contributed by atoms with E-state index in [-0.39, 0.29) is 30.4 Å². The molecule has 0 saturated heterocycles. The molecule has 1 amide bonds. The number of halogens is 1. The zero-order valence-electron chi connectivity index (χ0n) is 13.2. The largest absolute Gasteiger partial charge is 0.445 e. The van der Waals surface area contributed by atoms with Gasteiger partial charge in [-0.15, -0.1) is 0 Å². The number of hydrogen-bond donors (Lipinski definition) is 0. The number of hydrogen-bond acceptors (Lipinski definition) is 4. The van der Waals surface area contributed by atoms with Crippen LogP contribution in [0.1, 0.15) is 31.2 Å². The van der Waals surface area contributed by atoms with E-state index >= 15 is 0 Å². The third-order valence-electron chi connectivity index (χ3n) is 4.29. The van der Waals surface area contributed by atoms with Gasteiger partial charge in [0.05, 0.1) is 5.75 Å². The molecule has 2 rings (SSSR count). The quantitative estimate of drug-likeness (QED) is 0.756. The fourth-order valence-electron chi connectivity index (χ4n) is 2.95. The number of amides is 1. The lowest BCUT2D eigenvalue weighted by Gasteiger charge is -2.33. The van der Waals surface area contributed by atoms with E-state index in [9.17, 15) is 13.2 Å².